The lowest BCUT2D eigenvalue weighted by Gasteiger charge is -2.13. The first-order valence-electron chi connectivity index (χ1n) is 10.2. The van der Waals surface area contributed by atoms with Crippen molar-refractivity contribution in [3.63, 3.8) is 0 Å². The van der Waals surface area contributed by atoms with Gasteiger partial charge in [-0.15, -0.1) is 22.7 Å². The lowest BCUT2D eigenvalue weighted by atomic mass is 10.1. The SMILES string of the molecule is Cc1nc([C@H](C)NC(=O)c2cnn(-c3ncc(C)c(-c4cccs4)n3)c2C2CC2)cs1. The van der Waals surface area contributed by atoms with Gasteiger partial charge in [0.1, 0.15) is 0 Å². The van der Waals surface area contributed by atoms with Crippen molar-refractivity contribution < 1.29 is 4.79 Å². The van der Waals surface area contributed by atoms with Gasteiger partial charge in [0.2, 0.25) is 0 Å². The highest BCUT2D eigenvalue weighted by atomic mass is 32.1. The fourth-order valence-corrected chi connectivity index (χ4v) is 5.05. The van der Waals surface area contributed by atoms with E-state index in [-0.39, 0.29) is 11.9 Å². The van der Waals surface area contributed by atoms with Crippen LogP contribution in [0.3, 0.4) is 0 Å². The minimum Gasteiger partial charge on any atom is -0.344 e. The number of thiophene rings is 1. The van der Waals surface area contributed by atoms with E-state index in [4.69, 9.17) is 4.98 Å². The number of hydrogen-bond acceptors (Lipinski definition) is 7. The van der Waals surface area contributed by atoms with Gasteiger partial charge in [0.25, 0.3) is 11.9 Å². The van der Waals surface area contributed by atoms with Crippen LogP contribution in [0.4, 0.5) is 0 Å². The van der Waals surface area contributed by atoms with Crippen LogP contribution in [0.25, 0.3) is 16.5 Å². The van der Waals surface area contributed by atoms with E-state index in [0.717, 1.165) is 45.4 Å². The van der Waals surface area contributed by atoms with Crippen molar-refractivity contribution in [2.75, 3.05) is 0 Å². The third-order valence-corrected chi connectivity index (χ3v) is 7.01. The number of rotatable bonds is 6. The second kappa shape index (κ2) is 7.97. The number of amides is 1. The monoisotopic (exact) mass is 450 g/mol. The van der Waals surface area contributed by atoms with Gasteiger partial charge in [0.15, 0.2) is 0 Å². The molecule has 0 bridgehead atoms. The van der Waals surface area contributed by atoms with Crippen molar-refractivity contribution in [1.82, 2.24) is 30.0 Å². The van der Waals surface area contributed by atoms with Gasteiger partial charge in [0.05, 0.1) is 44.8 Å². The van der Waals surface area contributed by atoms with Gasteiger partial charge in [0, 0.05) is 17.5 Å². The Hall–Kier alpha value is -2.91. The first-order valence-corrected chi connectivity index (χ1v) is 12.0. The molecule has 7 nitrogen and oxygen atoms in total. The molecule has 1 fully saturated rings. The lowest BCUT2D eigenvalue weighted by molar-refractivity contribution is 0.0938. The van der Waals surface area contributed by atoms with Gasteiger partial charge in [-0.05, 0) is 50.6 Å². The first-order chi connectivity index (χ1) is 15.0. The molecule has 0 radical (unpaired) electrons. The van der Waals surface area contributed by atoms with Crippen molar-refractivity contribution in [3.05, 3.63) is 62.8 Å². The number of nitrogens with one attached hydrogen (secondary N) is 1. The molecule has 4 aromatic heterocycles. The van der Waals surface area contributed by atoms with Crippen LogP contribution in [0.2, 0.25) is 0 Å². The Morgan fingerprint density at radius 2 is 2.06 bits per heavy atom. The predicted octanol–water partition coefficient (Wildman–Crippen LogP) is 4.83. The molecule has 158 valence electrons. The molecule has 4 aromatic rings. The van der Waals surface area contributed by atoms with Gasteiger partial charge in [-0.1, -0.05) is 6.07 Å². The smallest absolute Gasteiger partial charge is 0.255 e. The van der Waals surface area contributed by atoms with E-state index in [1.54, 1.807) is 33.6 Å². The van der Waals surface area contributed by atoms with Crippen LogP contribution in [-0.4, -0.2) is 30.6 Å². The summed E-state index contributed by atoms with van der Waals surface area (Å²) in [6.45, 7) is 5.91. The Balaban J connectivity index is 1.48. The number of aromatic nitrogens is 5. The van der Waals surface area contributed by atoms with Crippen LogP contribution < -0.4 is 5.32 Å². The van der Waals surface area contributed by atoms with Gasteiger partial charge in [-0.25, -0.2) is 19.6 Å². The van der Waals surface area contributed by atoms with Crippen LogP contribution in [-0.2, 0) is 0 Å². The number of carbonyl (C=O) groups excluding carboxylic acids is 1. The standard InChI is InChI=1S/C22H22N6OS2/c1-12-9-23-22(27-19(12)18-5-4-8-30-18)28-20(15-6-7-15)16(10-24-28)21(29)25-13(2)17-11-31-14(3)26-17/h4-5,8-11,13,15H,6-7H2,1-3H3,(H,25,29)/t13-/m0/s1. The van der Waals surface area contributed by atoms with Gasteiger partial charge in [-0.2, -0.15) is 5.10 Å². The highest BCUT2D eigenvalue weighted by molar-refractivity contribution is 7.13. The quantitative estimate of drug-likeness (QED) is 0.455. The van der Waals surface area contributed by atoms with Crippen molar-refractivity contribution in [1.29, 1.82) is 0 Å². The minimum absolute atomic E-state index is 0.142. The molecular weight excluding hydrogens is 428 g/mol. The van der Waals surface area contributed by atoms with Gasteiger partial charge >= 0.3 is 0 Å². The molecule has 0 aliphatic heterocycles. The molecule has 1 aliphatic rings. The summed E-state index contributed by atoms with van der Waals surface area (Å²) in [5.74, 6) is 0.658. The largest absolute Gasteiger partial charge is 0.344 e. The average Bonchev–Trinajstić information content (AvgIpc) is 3.14. The molecule has 1 aliphatic carbocycles. The summed E-state index contributed by atoms with van der Waals surface area (Å²) in [6, 6.07) is 3.89. The Morgan fingerprint density at radius 1 is 1.23 bits per heavy atom. The summed E-state index contributed by atoms with van der Waals surface area (Å²) >= 11 is 3.23. The molecule has 31 heavy (non-hydrogen) atoms. The Bertz CT molecular complexity index is 1240. The van der Waals surface area contributed by atoms with E-state index >= 15 is 0 Å². The van der Waals surface area contributed by atoms with E-state index in [2.05, 4.69) is 26.4 Å². The van der Waals surface area contributed by atoms with Crippen molar-refractivity contribution in [3.8, 4) is 16.5 Å². The molecule has 5 rings (SSSR count). The van der Waals surface area contributed by atoms with Crippen LogP contribution in [0, 0.1) is 13.8 Å². The van der Waals surface area contributed by atoms with E-state index in [1.807, 2.05) is 43.8 Å². The zero-order chi connectivity index (χ0) is 21.5. The maximum absolute atomic E-state index is 13.1. The van der Waals surface area contributed by atoms with Crippen LogP contribution >= 0.6 is 22.7 Å². The van der Waals surface area contributed by atoms with Crippen molar-refractivity contribution in [2.45, 2.75) is 45.6 Å². The van der Waals surface area contributed by atoms with Crippen molar-refractivity contribution in [2.24, 2.45) is 0 Å². The molecule has 9 heteroatoms. The molecule has 0 aromatic carbocycles. The molecule has 1 saturated carbocycles. The van der Waals surface area contributed by atoms with E-state index in [0.29, 0.717) is 17.4 Å². The number of nitrogens with zero attached hydrogens (tertiary/aromatic N) is 5. The Labute approximate surface area is 188 Å². The van der Waals surface area contributed by atoms with Crippen LogP contribution in [0.1, 0.15) is 64.0 Å². The second-order valence-electron chi connectivity index (χ2n) is 7.80. The predicted molar refractivity (Wildman–Crippen MR) is 122 cm³/mol. The molecule has 0 unspecified atom stereocenters. The maximum atomic E-state index is 13.1. The Kier molecular flexibility index (Phi) is 5.15. The zero-order valence-corrected chi connectivity index (χ0v) is 19.1. The summed E-state index contributed by atoms with van der Waals surface area (Å²) in [5.41, 5.74) is 4.26. The maximum Gasteiger partial charge on any atom is 0.255 e. The average molecular weight is 451 g/mol. The molecule has 1 N–H and O–H groups in total. The molecule has 4 heterocycles. The summed E-state index contributed by atoms with van der Waals surface area (Å²) < 4.78 is 1.74. The third kappa shape index (κ3) is 3.90. The molecule has 1 atom stereocenters. The summed E-state index contributed by atoms with van der Waals surface area (Å²) in [7, 11) is 0. The van der Waals surface area contributed by atoms with Gasteiger partial charge < -0.3 is 5.32 Å². The van der Waals surface area contributed by atoms with Crippen LogP contribution in [0.5, 0.6) is 0 Å². The Morgan fingerprint density at radius 3 is 2.74 bits per heavy atom. The van der Waals surface area contributed by atoms with E-state index < -0.39 is 0 Å². The minimum atomic E-state index is -0.172. The number of hydrogen-bond donors (Lipinski definition) is 1. The second-order valence-corrected chi connectivity index (χ2v) is 9.80. The van der Waals surface area contributed by atoms with Crippen LogP contribution in [0.15, 0.2) is 35.3 Å². The normalized spacial score (nSPS) is 14.5. The number of thiazole rings is 1. The highest BCUT2D eigenvalue weighted by Gasteiger charge is 2.34. The highest BCUT2D eigenvalue weighted by Crippen LogP contribution is 2.42. The molecule has 1 amide bonds. The first kappa shape index (κ1) is 20.0. The third-order valence-electron chi connectivity index (χ3n) is 5.35. The fraction of sp³-hybridized carbons (Fsp3) is 0.318. The topological polar surface area (TPSA) is 85.6 Å². The summed E-state index contributed by atoms with van der Waals surface area (Å²) in [4.78, 5) is 28.0. The van der Waals surface area contributed by atoms with E-state index in [1.165, 1.54) is 0 Å². The number of carbonyl (C=O) groups is 1. The van der Waals surface area contributed by atoms with Gasteiger partial charge in [-0.3, -0.25) is 4.79 Å². The fourth-order valence-electron chi connectivity index (χ4n) is 3.57. The molecule has 0 saturated heterocycles. The van der Waals surface area contributed by atoms with Crippen molar-refractivity contribution >= 4 is 28.6 Å². The number of aryl methyl sites for hydroxylation is 2. The lowest BCUT2D eigenvalue weighted by Crippen LogP contribution is -2.27. The van der Waals surface area contributed by atoms with E-state index in [9.17, 15) is 4.79 Å². The molecular formula is C22H22N6OS2. The summed E-state index contributed by atoms with van der Waals surface area (Å²) in [6.07, 6.45) is 5.53. The molecule has 0 spiro atoms. The zero-order valence-electron chi connectivity index (χ0n) is 17.5. The summed E-state index contributed by atoms with van der Waals surface area (Å²) in [5, 5.41) is 12.6.